The number of rotatable bonds is 6. The van der Waals surface area contributed by atoms with Crippen molar-refractivity contribution >= 4 is 38.4 Å². The van der Waals surface area contributed by atoms with Gasteiger partial charge < -0.3 is 9.72 Å². The van der Waals surface area contributed by atoms with Crippen LogP contribution in [-0.4, -0.2) is 44.1 Å². The average molecular weight is 412 g/mol. The number of Topliss-reactive ketones (excluding diaryl/α,β-unsaturated/α-hetero) is 1. The third kappa shape index (κ3) is 3.51. The van der Waals surface area contributed by atoms with Crippen molar-refractivity contribution in [1.82, 2.24) is 4.98 Å². The van der Waals surface area contributed by atoms with Gasteiger partial charge in [0.1, 0.15) is 0 Å². The summed E-state index contributed by atoms with van der Waals surface area (Å²) >= 11 is 0. The molecule has 0 unspecified atom stereocenters. The normalized spacial score (nSPS) is 13.5. The number of sulfonamides is 1. The molecular formula is C21H20N2O5S. The molecule has 4 rings (SSSR count). The first kappa shape index (κ1) is 19.2. The third-order valence-corrected chi connectivity index (χ3v) is 6.88. The second kappa shape index (κ2) is 7.36. The molecule has 150 valence electrons. The number of carbonyl (C=O) groups is 2. The van der Waals surface area contributed by atoms with Crippen LogP contribution in [0.15, 0.2) is 48.7 Å². The average Bonchev–Trinajstić information content (AvgIpc) is 3.35. The van der Waals surface area contributed by atoms with E-state index in [1.54, 1.807) is 37.4 Å². The molecule has 2 heterocycles. The van der Waals surface area contributed by atoms with E-state index in [9.17, 15) is 18.0 Å². The zero-order valence-electron chi connectivity index (χ0n) is 15.8. The third-order valence-electron chi connectivity index (χ3n) is 5.10. The molecule has 29 heavy (non-hydrogen) atoms. The van der Waals surface area contributed by atoms with Crippen molar-refractivity contribution in [3.05, 3.63) is 65.4 Å². The van der Waals surface area contributed by atoms with Crippen molar-refractivity contribution < 1.29 is 22.7 Å². The van der Waals surface area contributed by atoms with Crippen molar-refractivity contribution in [3.8, 4) is 0 Å². The minimum Gasteiger partial charge on any atom is -0.454 e. The quantitative estimate of drug-likeness (QED) is 0.496. The van der Waals surface area contributed by atoms with Crippen molar-refractivity contribution in [2.24, 2.45) is 0 Å². The summed E-state index contributed by atoms with van der Waals surface area (Å²) in [5.41, 5.74) is 3.00. The van der Waals surface area contributed by atoms with Crippen molar-refractivity contribution in [1.29, 1.82) is 0 Å². The number of benzene rings is 2. The topological polar surface area (TPSA) is 96.5 Å². The molecule has 0 atom stereocenters. The lowest BCUT2D eigenvalue weighted by atomic mass is 10.1. The molecule has 1 aromatic heterocycles. The summed E-state index contributed by atoms with van der Waals surface area (Å²) in [6, 6.07) is 12.2. The Morgan fingerprint density at radius 1 is 1.17 bits per heavy atom. The number of nitrogens with zero attached hydrogens (tertiary/aromatic N) is 1. The van der Waals surface area contributed by atoms with Gasteiger partial charge in [0.15, 0.2) is 12.4 Å². The Labute approximate surface area is 168 Å². The molecule has 0 fully saturated rings. The van der Waals surface area contributed by atoms with Crippen molar-refractivity contribution in [2.45, 2.75) is 13.3 Å². The molecule has 3 aromatic rings. The Hall–Kier alpha value is -3.13. The maximum absolute atomic E-state index is 12.5. The van der Waals surface area contributed by atoms with Gasteiger partial charge in [-0.05, 0) is 43.2 Å². The number of hydrogen-bond donors (Lipinski definition) is 1. The van der Waals surface area contributed by atoms with Gasteiger partial charge in [-0.1, -0.05) is 18.2 Å². The lowest BCUT2D eigenvalue weighted by molar-refractivity contribution is 0.0476. The molecule has 0 saturated carbocycles. The molecule has 0 bridgehead atoms. The number of aromatic amines is 1. The summed E-state index contributed by atoms with van der Waals surface area (Å²) in [5, 5.41) is 0.736. The fourth-order valence-electron chi connectivity index (χ4n) is 3.52. The first-order valence-corrected chi connectivity index (χ1v) is 10.9. The van der Waals surface area contributed by atoms with E-state index < -0.39 is 16.0 Å². The standard InChI is InChI=1S/C21H20N2O5S/c1-2-29(26,27)23-10-9-14-11-15(7-8-19(14)23)20(24)13-28-21(25)17-12-22-18-6-4-3-5-16(17)18/h3-8,11-12,22H,2,9-10,13H2,1H3. The molecule has 0 amide bonds. The second-order valence-electron chi connectivity index (χ2n) is 6.81. The molecule has 8 heteroatoms. The molecule has 0 radical (unpaired) electrons. The van der Waals surface area contributed by atoms with Crippen molar-refractivity contribution in [3.63, 3.8) is 0 Å². The molecule has 7 nitrogen and oxygen atoms in total. The van der Waals surface area contributed by atoms with Gasteiger partial charge >= 0.3 is 5.97 Å². The minimum absolute atomic E-state index is 0.0247. The number of aromatic nitrogens is 1. The number of carbonyl (C=O) groups excluding carboxylic acids is 2. The number of fused-ring (bicyclic) bond motifs is 2. The highest BCUT2D eigenvalue weighted by molar-refractivity contribution is 7.92. The summed E-state index contributed by atoms with van der Waals surface area (Å²) < 4.78 is 30.9. The molecule has 1 aliphatic rings. The molecule has 0 saturated heterocycles. The van der Waals surface area contributed by atoms with Crippen molar-refractivity contribution in [2.75, 3.05) is 23.2 Å². The fourth-order valence-corrected chi connectivity index (χ4v) is 4.68. The smallest absolute Gasteiger partial charge is 0.340 e. The Kier molecular flexibility index (Phi) is 4.87. The summed E-state index contributed by atoms with van der Waals surface area (Å²) in [4.78, 5) is 27.9. The summed E-state index contributed by atoms with van der Waals surface area (Å²) in [5.74, 6) is -0.883. The minimum atomic E-state index is -3.33. The van der Waals surface area contributed by atoms with Gasteiger partial charge in [0.05, 0.1) is 17.0 Å². The fraction of sp³-hybridized carbons (Fsp3) is 0.238. The van der Waals surface area contributed by atoms with Crippen LogP contribution in [-0.2, 0) is 21.2 Å². The first-order chi connectivity index (χ1) is 13.9. The summed E-state index contributed by atoms with van der Waals surface area (Å²) in [6.45, 7) is 1.60. The van der Waals surface area contributed by atoms with Crippen LogP contribution in [0.3, 0.4) is 0 Å². The molecule has 0 spiro atoms. The number of H-pyrrole nitrogens is 1. The Balaban J connectivity index is 1.46. The van der Waals surface area contributed by atoms with Gasteiger partial charge in [0.2, 0.25) is 10.0 Å². The van der Waals surface area contributed by atoms with Gasteiger partial charge in [-0.15, -0.1) is 0 Å². The van der Waals surface area contributed by atoms with E-state index in [1.165, 1.54) is 4.31 Å². The highest BCUT2D eigenvalue weighted by Crippen LogP contribution is 2.31. The van der Waals surface area contributed by atoms with E-state index >= 15 is 0 Å². The van der Waals surface area contributed by atoms with Crippen LogP contribution in [0.5, 0.6) is 0 Å². The molecular weight excluding hydrogens is 392 g/mol. The highest BCUT2D eigenvalue weighted by atomic mass is 32.2. The molecule has 1 aliphatic heterocycles. The predicted molar refractivity (Wildman–Crippen MR) is 110 cm³/mol. The van der Waals surface area contributed by atoms with E-state index in [0.29, 0.717) is 29.8 Å². The van der Waals surface area contributed by atoms with Crippen LogP contribution in [0.2, 0.25) is 0 Å². The largest absolute Gasteiger partial charge is 0.454 e. The van der Waals surface area contributed by atoms with E-state index in [2.05, 4.69) is 4.98 Å². The number of anilines is 1. The number of para-hydroxylation sites is 1. The van der Waals surface area contributed by atoms with Crippen LogP contribution in [0, 0.1) is 0 Å². The van der Waals surface area contributed by atoms with E-state index in [-0.39, 0.29) is 18.1 Å². The second-order valence-corrected chi connectivity index (χ2v) is 9.00. The highest BCUT2D eigenvalue weighted by Gasteiger charge is 2.28. The molecule has 0 aliphatic carbocycles. The monoisotopic (exact) mass is 412 g/mol. The lowest BCUT2D eigenvalue weighted by Crippen LogP contribution is -2.30. The van der Waals surface area contributed by atoms with Gasteiger partial charge in [-0.2, -0.15) is 0 Å². The Morgan fingerprint density at radius 2 is 1.97 bits per heavy atom. The Morgan fingerprint density at radius 3 is 2.76 bits per heavy atom. The van der Waals surface area contributed by atoms with Crippen LogP contribution in [0.1, 0.15) is 33.2 Å². The van der Waals surface area contributed by atoms with E-state index in [4.69, 9.17) is 4.74 Å². The predicted octanol–water partition coefficient (Wildman–Crippen LogP) is 2.92. The maximum atomic E-state index is 12.5. The van der Waals surface area contributed by atoms with Gasteiger partial charge in [-0.25, -0.2) is 13.2 Å². The van der Waals surface area contributed by atoms with Gasteiger partial charge in [-0.3, -0.25) is 9.10 Å². The molecule has 2 aromatic carbocycles. The van der Waals surface area contributed by atoms with E-state index in [0.717, 1.165) is 16.5 Å². The number of esters is 1. The Bertz CT molecular complexity index is 1210. The molecule has 1 N–H and O–H groups in total. The summed E-state index contributed by atoms with van der Waals surface area (Å²) in [7, 11) is -3.33. The zero-order chi connectivity index (χ0) is 20.6. The lowest BCUT2D eigenvalue weighted by Gasteiger charge is -2.18. The van der Waals surface area contributed by atoms with Gasteiger partial charge in [0.25, 0.3) is 0 Å². The number of hydrogen-bond acceptors (Lipinski definition) is 5. The number of nitrogens with one attached hydrogen (secondary N) is 1. The maximum Gasteiger partial charge on any atom is 0.340 e. The van der Waals surface area contributed by atoms with Gasteiger partial charge in [0, 0.05) is 29.2 Å². The first-order valence-electron chi connectivity index (χ1n) is 9.30. The van der Waals surface area contributed by atoms with Crippen LogP contribution < -0.4 is 4.31 Å². The zero-order valence-corrected chi connectivity index (χ0v) is 16.7. The SMILES string of the molecule is CCS(=O)(=O)N1CCc2cc(C(=O)COC(=O)c3c[nH]c4ccccc34)ccc21. The number of ketones is 1. The van der Waals surface area contributed by atoms with E-state index in [1.807, 2.05) is 18.2 Å². The van der Waals surface area contributed by atoms with Crippen LogP contribution >= 0.6 is 0 Å². The summed E-state index contributed by atoms with van der Waals surface area (Å²) in [6.07, 6.45) is 2.11. The van der Waals surface area contributed by atoms with Crippen LogP contribution in [0.4, 0.5) is 5.69 Å². The van der Waals surface area contributed by atoms with Crippen LogP contribution in [0.25, 0.3) is 10.9 Å². The number of ether oxygens (including phenoxy) is 1.